The molecule has 1 saturated carbocycles. The van der Waals surface area contributed by atoms with E-state index in [0.717, 1.165) is 18.4 Å². The molecule has 1 aromatic carbocycles. The fourth-order valence-corrected chi connectivity index (χ4v) is 1.83. The predicted molar refractivity (Wildman–Crippen MR) is 70.7 cm³/mol. The van der Waals surface area contributed by atoms with Crippen LogP contribution in [0.2, 0.25) is 5.02 Å². The Bertz CT molecular complexity index is 445. The molecule has 98 valence electrons. The SMILES string of the molecule is C[C@@H](N)c1cc(Cl)ccc1OCC(=O)NC1CC1. The third kappa shape index (κ3) is 3.62. The van der Waals surface area contributed by atoms with Gasteiger partial charge in [-0.3, -0.25) is 4.79 Å². The van der Waals surface area contributed by atoms with Crippen molar-refractivity contribution in [2.24, 2.45) is 5.73 Å². The maximum Gasteiger partial charge on any atom is 0.258 e. The lowest BCUT2D eigenvalue weighted by molar-refractivity contribution is -0.123. The predicted octanol–water partition coefficient (Wildman–Crippen LogP) is 2.02. The average molecular weight is 269 g/mol. The van der Waals surface area contributed by atoms with Crippen molar-refractivity contribution in [2.45, 2.75) is 31.8 Å². The monoisotopic (exact) mass is 268 g/mol. The molecule has 1 atom stereocenters. The second kappa shape index (κ2) is 5.59. The maximum atomic E-state index is 11.5. The Balaban J connectivity index is 1.96. The van der Waals surface area contributed by atoms with Crippen molar-refractivity contribution >= 4 is 17.5 Å². The highest BCUT2D eigenvalue weighted by atomic mass is 35.5. The van der Waals surface area contributed by atoms with E-state index in [2.05, 4.69) is 5.32 Å². The van der Waals surface area contributed by atoms with Crippen molar-refractivity contribution in [3.8, 4) is 5.75 Å². The van der Waals surface area contributed by atoms with Gasteiger partial charge in [-0.15, -0.1) is 0 Å². The summed E-state index contributed by atoms with van der Waals surface area (Å²) in [6.45, 7) is 1.86. The topological polar surface area (TPSA) is 64.3 Å². The number of benzene rings is 1. The lowest BCUT2D eigenvalue weighted by atomic mass is 10.1. The molecule has 3 N–H and O–H groups in total. The Kier molecular flexibility index (Phi) is 4.09. The molecule has 5 heteroatoms. The molecule has 0 radical (unpaired) electrons. The van der Waals surface area contributed by atoms with Crippen LogP contribution in [0.25, 0.3) is 0 Å². The minimum atomic E-state index is -0.190. The second-order valence-corrected chi connectivity index (χ2v) is 5.04. The standard InChI is InChI=1S/C13H17ClN2O2/c1-8(15)11-6-9(14)2-5-12(11)18-7-13(17)16-10-3-4-10/h2,5-6,8,10H,3-4,7,15H2,1H3,(H,16,17)/t8-/m1/s1. The number of nitrogens with two attached hydrogens (primary N) is 1. The first kappa shape index (κ1) is 13.2. The number of rotatable bonds is 5. The molecule has 4 nitrogen and oxygen atoms in total. The molecule has 0 saturated heterocycles. The molecule has 1 fully saturated rings. The van der Waals surface area contributed by atoms with Gasteiger partial charge in [0.1, 0.15) is 5.75 Å². The third-order valence-electron chi connectivity index (χ3n) is 2.76. The smallest absolute Gasteiger partial charge is 0.258 e. The van der Waals surface area contributed by atoms with E-state index in [1.165, 1.54) is 0 Å². The minimum Gasteiger partial charge on any atom is -0.483 e. The van der Waals surface area contributed by atoms with Crippen molar-refractivity contribution in [3.63, 3.8) is 0 Å². The van der Waals surface area contributed by atoms with E-state index in [4.69, 9.17) is 22.1 Å². The summed E-state index contributed by atoms with van der Waals surface area (Å²) < 4.78 is 5.49. The van der Waals surface area contributed by atoms with Crippen molar-refractivity contribution in [1.29, 1.82) is 0 Å². The first-order valence-corrected chi connectivity index (χ1v) is 6.41. The lowest BCUT2D eigenvalue weighted by Gasteiger charge is -2.14. The van der Waals surface area contributed by atoms with Crippen LogP contribution in [-0.4, -0.2) is 18.6 Å². The molecule has 0 aromatic heterocycles. The van der Waals surface area contributed by atoms with Crippen LogP contribution in [0.1, 0.15) is 31.4 Å². The quantitative estimate of drug-likeness (QED) is 0.859. The number of ether oxygens (including phenoxy) is 1. The van der Waals surface area contributed by atoms with Crippen molar-refractivity contribution in [3.05, 3.63) is 28.8 Å². The number of hydrogen-bond donors (Lipinski definition) is 2. The molecule has 0 spiro atoms. The van der Waals surface area contributed by atoms with Crippen LogP contribution < -0.4 is 15.8 Å². The summed E-state index contributed by atoms with van der Waals surface area (Å²) in [4.78, 5) is 11.5. The summed E-state index contributed by atoms with van der Waals surface area (Å²) in [5, 5.41) is 3.47. The van der Waals surface area contributed by atoms with Crippen LogP contribution in [0, 0.1) is 0 Å². The number of carbonyl (C=O) groups is 1. The number of halogens is 1. The van der Waals surface area contributed by atoms with Crippen LogP contribution in [-0.2, 0) is 4.79 Å². The third-order valence-corrected chi connectivity index (χ3v) is 3.00. The number of hydrogen-bond acceptors (Lipinski definition) is 3. The number of carbonyl (C=O) groups excluding carboxylic acids is 1. The summed E-state index contributed by atoms with van der Waals surface area (Å²) in [6, 6.07) is 5.39. The molecule has 2 rings (SSSR count). The van der Waals surface area contributed by atoms with Gasteiger partial charge in [-0.2, -0.15) is 0 Å². The van der Waals surface area contributed by atoms with Gasteiger partial charge >= 0.3 is 0 Å². The van der Waals surface area contributed by atoms with Gasteiger partial charge < -0.3 is 15.8 Å². The first-order chi connectivity index (χ1) is 8.56. The van der Waals surface area contributed by atoms with Gasteiger partial charge in [0, 0.05) is 22.7 Å². The molecule has 1 aliphatic carbocycles. The molecule has 0 bridgehead atoms. The lowest BCUT2D eigenvalue weighted by Crippen LogP contribution is -2.30. The van der Waals surface area contributed by atoms with Crippen LogP contribution in [0.15, 0.2) is 18.2 Å². The Hall–Kier alpha value is -1.26. The molecule has 1 aromatic rings. The van der Waals surface area contributed by atoms with E-state index in [1.807, 2.05) is 6.92 Å². The maximum absolute atomic E-state index is 11.5. The van der Waals surface area contributed by atoms with Crippen molar-refractivity contribution < 1.29 is 9.53 Å². The van der Waals surface area contributed by atoms with E-state index >= 15 is 0 Å². The molecule has 0 unspecified atom stereocenters. The first-order valence-electron chi connectivity index (χ1n) is 6.03. The summed E-state index contributed by atoms with van der Waals surface area (Å²) in [5.74, 6) is 0.517. The average Bonchev–Trinajstić information content (AvgIpc) is 3.11. The molecular formula is C13H17ClN2O2. The van der Waals surface area contributed by atoms with E-state index in [1.54, 1.807) is 18.2 Å². The molecule has 1 amide bonds. The minimum absolute atomic E-state index is 0.0118. The van der Waals surface area contributed by atoms with Gasteiger partial charge in [0.15, 0.2) is 6.61 Å². The van der Waals surface area contributed by atoms with Gasteiger partial charge in [-0.1, -0.05) is 11.6 Å². The largest absolute Gasteiger partial charge is 0.483 e. The van der Waals surface area contributed by atoms with Gasteiger partial charge in [0.2, 0.25) is 0 Å². The fraction of sp³-hybridized carbons (Fsp3) is 0.462. The Morgan fingerprint density at radius 3 is 2.94 bits per heavy atom. The molecule has 18 heavy (non-hydrogen) atoms. The highest BCUT2D eigenvalue weighted by molar-refractivity contribution is 6.30. The molecule has 1 aliphatic rings. The van der Waals surface area contributed by atoms with Gasteiger partial charge in [-0.05, 0) is 38.0 Å². The zero-order valence-electron chi connectivity index (χ0n) is 10.3. The molecule has 0 heterocycles. The molecular weight excluding hydrogens is 252 g/mol. The van der Waals surface area contributed by atoms with E-state index in [-0.39, 0.29) is 18.6 Å². The van der Waals surface area contributed by atoms with Gasteiger partial charge in [0.05, 0.1) is 0 Å². The highest BCUT2D eigenvalue weighted by Crippen LogP contribution is 2.27. The normalized spacial score (nSPS) is 16.2. The zero-order valence-corrected chi connectivity index (χ0v) is 11.0. The van der Waals surface area contributed by atoms with Crippen molar-refractivity contribution in [2.75, 3.05) is 6.61 Å². The zero-order chi connectivity index (χ0) is 13.1. The van der Waals surface area contributed by atoms with Gasteiger partial charge in [0.25, 0.3) is 5.91 Å². The van der Waals surface area contributed by atoms with Crippen LogP contribution in [0.5, 0.6) is 5.75 Å². The number of nitrogens with one attached hydrogen (secondary N) is 1. The van der Waals surface area contributed by atoms with E-state index in [0.29, 0.717) is 16.8 Å². The van der Waals surface area contributed by atoms with Crippen molar-refractivity contribution in [1.82, 2.24) is 5.32 Å². The van der Waals surface area contributed by atoms with E-state index in [9.17, 15) is 4.79 Å². The van der Waals surface area contributed by atoms with E-state index < -0.39 is 0 Å². The van der Waals surface area contributed by atoms with Crippen LogP contribution in [0.3, 0.4) is 0 Å². The molecule has 0 aliphatic heterocycles. The van der Waals surface area contributed by atoms with Crippen LogP contribution in [0.4, 0.5) is 0 Å². The highest BCUT2D eigenvalue weighted by Gasteiger charge is 2.23. The fourth-order valence-electron chi connectivity index (χ4n) is 1.65. The second-order valence-electron chi connectivity index (χ2n) is 4.60. The number of amides is 1. The van der Waals surface area contributed by atoms with Crippen LogP contribution >= 0.6 is 11.6 Å². The summed E-state index contributed by atoms with van der Waals surface area (Å²) in [5.41, 5.74) is 6.65. The Morgan fingerprint density at radius 2 is 2.33 bits per heavy atom. The summed E-state index contributed by atoms with van der Waals surface area (Å²) in [7, 11) is 0. The summed E-state index contributed by atoms with van der Waals surface area (Å²) in [6.07, 6.45) is 2.13. The Labute approximate surface area is 111 Å². The summed E-state index contributed by atoms with van der Waals surface area (Å²) >= 11 is 5.91. The Morgan fingerprint density at radius 1 is 1.61 bits per heavy atom. The van der Waals surface area contributed by atoms with Gasteiger partial charge in [-0.25, -0.2) is 0 Å².